The van der Waals surface area contributed by atoms with Crippen LogP contribution in [0.25, 0.3) is 0 Å². The Balaban J connectivity index is 1.99. The van der Waals surface area contributed by atoms with Gasteiger partial charge in [-0.05, 0) is 50.6 Å². The molecule has 0 saturated carbocycles. The fourth-order valence-corrected chi connectivity index (χ4v) is 4.55. The van der Waals surface area contributed by atoms with Crippen LogP contribution in [0.15, 0.2) is 47.4 Å². The highest BCUT2D eigenvalue weighted by Gasteiger charge is 2.24. The second-order valence-electron chi connectivity index (χ2n) is 5.55. The summed E-state index contributed by atoms with van der Waals surface area (Å²) in [4.78, 5) is 0.338. The topological polar surface area (TPSA) is 51.1 Å². The van der Waals surface area contributed by atoms with Crippen LogP contribution in [0.4, 0.5) is 0 Å². The molecule has 1 aliphatic rings. The van der Waals surface area contributed by atoms with Crippen molar-refractivity contribution in [3.63, 3.8) is 0 Å². The molecule has 1 aromatic heterocycles. The molecule has 0 bridgehead atoms. The summed E-state index contributed by atoms with van der Waals surface area (Å²) in [6.45, 7) is 2.86. The highest BCUT2D eigenvalue weighted by molar-refractivity contribution is 7.90. The Morgan fingerprint density at radius 1 is 1.19 bits per heavy atom. The van der Waals surface area contributed by atoms with Crippen molar-refractivity contribution in [2.24, 2.45) is 0 Å². The Bertz CT molecular complexity index is 714. The van der Waals surface area contributed by atoms with Gasteiger partial charge in [0.05, 0.1) is 4.90 Å². The van der Waals surface area contributed by atoms with Crippen LogP contribution in [0, 0.1) is 6.92 Å². The maximum absolute atomic E-state index is 12.9. The van der Waals surface area contributed by atoms with E-state index in [0.717, 1.165) is 37.2 Å². The average molecular weight is 304 g/mol. The van der Waals surface area contributed by atoms with Gasteiger partial charge in [0.1, 0.15) is 0 Å². The van der Waals surface area contributed by atoms with E-state index in [4.69, 9.17) is 0 Å². The first kappa shape index (κ1) is 14.4. The zero-order valence-electron chi connectivity index (χ0n) is 12.1. The maximum Gasteiger partial charge on any atom is 0.268 e. The highest BCUT2D eigenvalue weighted by atomic mass is 32.2. The quantitative estimate of drug-likeness (QED) is 0.943. The SMILES string of the molecule is Cc1ccc(CC2CCCN2)n1S(=O)(=O)c1ccccc1. The summed E-state index contributed by atoms with van der Waals surface area (Å²) >= 11 is 0. The third-order valence-corrected chi connectivity index (χ3v) is 5.87. The van der Waals surface area contributed by atoms with Crippen LogP contribution < -0.4 is 5.32 Å². The molecular weight excluding hydrogens is 284 g/mol. The molecule has 0 amide bonds. The Labute approximate surface area is 125 Å². The zero-order chi connectivity index (χ0) is 14.9. The van der Waals surface area contributed by atoms with Crippen molar-refractivity contribution in [2.75, 3.05) is 6.54 Å². The summed E-state index contributed by atoms with van der Waals surface area (Å²) in [6, 6.07) is 12.8. The summed E-state index contributed by atoms with van der Waals surface area (Å²) in [6.07, 6.45) is 3.02. The minimum atomic E-state index is -3.51. The van der Waals surface area contributed by atoms with Crippen molar-refractivity contribution < 1.29 is 8.42 Å². The van der Waals surface area contributed by atoms with Crippen LogP contribution in [0.5, 0.6) is 0 Å². The zero-order valence-corrected chi connectivity index (χ0v) is 12.9. The van der Waals surface area contributed by atoms with Gasteiger partial charge >= 0.3 is 0 Å². The van der Waals surface area contributed by atoms with Crippen LogP contribution in [0.3, 0.4) is 0 Å². The normalized spacial score (nSPS) is 19.0. The minimum absolute atomic E-state index is 0.338. The predicted molar refractivity (Wildman–Crippen MR) is 82.9 cm³/mol. The molecule has 1 saturated heterocycles. The van der Waals surface area contributed by atoms with Crippen molar-refractivity contribution in [1.29, 1.82) is 0 Å². The Morgan fingerprint density at radius 3 is 2.62 bits per heavy atom. The van der Waals surface area contributed by atoms with E-state index < -0.39 is 10.0 Å². The summed E-state index contributed by atoms with van der Waals surface area (Å²) in [7, 11) is -3.51. The average Bonchev–Trinajstić information content (AvgIpc) is 3.11. The van der Waals surface area contributed by atoms with Gasteiger partial charge in [-0.25, -0.2) is 12.4 Å². The molecule has 2 heterocycles. The van der Waals surface area contributed by atoms with E-state index in [1.165, 1.54) is 3.97 Å². The maximum atomic E-state index is 12.9. The van der Waals surface area contributed by atoms with Gasteiger partial charge in [0.2, 0.25) is 0 Å². The van der Waals surface area contributed by atoms with Crippen molar-refractivity contribution in [2.45, 2.75) is 37.1 Å². The van der Waals surface area contributed by atoms with Gasteiger partial charge in [0, 0.05) is 23.9 Å². The molecule has 1 fully saturated rings. The van der Waals surface area contributed by atoms with Crippen molar-refractivity contribution in [3.8, 4) is 0 Å². The lowest BCUT2D eigenvalue weighted by molar-refractivity contribution is 0.569. The van der Waals surface area contributed by atoms with Crippen molar-refractivity contribution >= 4 is 10.0 Å². The van der Waals surface area contributed by atoms with Gasteiger partial charge in [-0.3, -0.25) is 0 Å². The van der Waals surface area contributed by atoms with E-state index in [2.05, 4.69) is 5.32 Å². The molecule has 1 atom stereocenters. The van der Waals surface area contributed by atoms with E-state index in [-0.39, 0.29) is 0 Å². The summed E-state index contributed by atoms with van der Waals surface area (Å²) < 4.78 is 27.2. The Morgan fingerprint density at radius 2 is 1.95 bits per heavy atom. The number of rotatable bonds is 4. The van der Waals surface area contributed by atoms with E-state index in [9.17, 15) is 8.42 Å². The molecule has 21 heavy (non-hydrogen) atoms. The highest BCUT2D eigenvalue weighted by Crippen LogP contribution is 2.22. The Kier molecular flexibility index (Phi) is 3.87. The molecule has 1 aromatic carbocycles. The standard InChI is InChI=1S/C16H20N2O2S/c1-13-9-10-15(12-14-6-5-11-17-14)18(13)21(19,20)16-7-3-2-4-8-16/h2-4,7-10,14,17H,5-6,11-12H2,1H3. The van der Waals surface area contributed by atoms with E-state index in [1.807, 2.05) is 25.1 Å². The first-order valence-electron chi connectivity index (χ1n) is 7.30. The molecule has 5 heteroatoms. The molecule has 0 radical (unpaired) electrons. The second kappa shape index (κ2) is 5.66. The van der Waals surface area contributed by atoms with Gasteiger partial charge < -0.3 is 5.32 Å². The minimum Gasteiger partial charge on any atom is -0.314 e. The van der Waals surface area contributed by atoms with Crippen molar-refractivity contribution in [3.05, 3.63) is 53.9 Å². The molecule has 4 nitrogen and oxygen atoms in total. The lowest BCUT2D eigenvalue weighted by atomic mass is 10.1. The molecule has 1 N–H and O–H groups in total. The Hall–Kier alpha value is -1.59. The smallest absolute Gasteiger partial charge is 0.268 e. The number of aromatic nitrogens is 1. The predicted octanol–water partition coefficient (Wildman–Crippen LogP) is 2.33. The summed E-state index contributed by atoms with van der Waals surface area (Å²) in [5, 5.41) is 3.42. The van der Waals surface area contributed by atoms with Gasteiger partial charge in [0.25, 0.3) is 10.0 Å². The largest absolute Gasteiger partial charge is 0.314 e. The number of nitrogens with zero attached hydrogens (tertiary/aromatic N) is 1. The number of hydrogen-bond acceptors (Lipinski definition) is 3. The number of benzene rings is 1. The van der Waals surface area contributed by atoms with Crippen LogP contribution in [0.1, 0.15) is 24.2 Å². The van der Waals surface area contributed by atoms with Crippen LogP contribution in [-0.4, -0.2) is 25.0 Å². The fraction of sp³-hybridized carbons (Fsp3) is 0.375. The van der Waals surface area contributed by atoms with Gasteiger partial charge in [0.15, 0.2) is 0 Å². The lowest BCUT2D eigenvalue weighted by Crippen LogP contribution is -2.26. The van der Waals surface area contributed by atoms with Crippen LogP contribution >= 0.6 is 0 Å². The third kappa shape index (κ3) is 2.76. The monoisotopic (exact) mass is 304 g/mol. The fourth-order valence-electron chi connectivity index (χ4n) is 2.95. The second-order valence-corrected chi connectivity index (χ2v) is 7.33. The summed E-state index contributed by atoms with van der Waals surface area (Å²) in [5.74, 6) is 0. The lowest BCUT2D eigenvalue weighted by Gasteiger charge is -2.15. The molecule has 3 rings (SSSR count). The molecule has 0 aliphatic carbocycles. The van der Waals surface area contributed by atoms with Gasteiger partial charge in [-0.15, -0.1) is 0 Å². The molecule has 2 aromatic rings. The molecular formula is C16H20N2O2S. The number of aryl methyl sites for hydroxylation is 1. The molecule has 112 valence electrons. The van der Waals surface area contributed by atoms with Gasteiger partial charge in [-0.2, -0.15) is 0 Å². The van der Waals surface area contributed by atoms with E-state index in [1.54, 1.807) is 24.3 Å². The van der Waals surface area contributed by atoms with Gasteiger partial charge in [-0.1, -0.05) is 18.2 Å². The third-order valence-electron chi connectivity index (χ3n) is 4.00. The number of hydrogen-bond donors (Lipinski definition) is 1. The van der Waals surface area contributed by atoms with Crippen LogP contribution in [0.2, 0.25) is 0 Å². The summed E-state index contributed by atoms with van der Waals surface area (Å²) in [5.41, 5.74) is 1.61. The van der Waals surface area contributed by atoms with Crippen LogP contribution in [-0.2, 0) is 16.4 Å². The molecule has 1 unspecified atom stereocenters. The van der Waals surface area contributed by atoms with E-state index >= 15 is 0 Å². The van der Waals surface area contributed by atoms with E-state index in [0.29, 0.717) is 10.9 Å². The number of nitrogens with one attached hydrogen (secondary N) is 1. The molecule has 1 aliphatic heterocycles. The first-order valence-corrected chi connectivity index (χ1v) is 8.74. The first-order chi connectivity index (χ1) is 10.1. The van der Waals surface area contributed by atoms with Crippen molar-refractivity contribution in [1.82, 2.24) is 9.29 Å². The molecule has 0 spiro atoms.